The number of pyridine rings is 1. The minimum absolute atomic E-state index is 0.0636. The van der Waals surface area contributed by atoms with Gasteiger partial charge in [0, 0.05) is 41.4 Å². The Kier molecular flexibility index (Phi) is 4.69. The molecule has 0 amide bonds. The number of aliphatic hydroxyl groups excluding tert-OH is 1. The van der Waals surface area contributed by atoms with Crippen molar-refractivity contribution in [1.29, 1.82) is 0 Å². The number of rotatable bonds is 3. The van der Waals surface area contributed by atoms with Crippen molar-refractivity contribution in [1.82, 2.24) is 4.98 Å². The summed E-state index contributed by atoms with van der Waals surface area (Å²) >= 11 is 9.83. The lowest BCUT2D eigenvalue weighted by Crippen LogP contribution is -2.62. The number of hydrogen-bond donors (Lipinski definition) is 1. The van der Waals surface area contributed by atoms with Crippen molar-refractivity contribution < 1.29 is 9.84 Å². The van der Waals surface area contributed by atoms with E-state index in [1.165, 1.54) is 0 Å². The van der Waals surface area contributed by atoms with E-state index in [1.807, 2.05) is 19.1 Å². The van der Waals surface area contributed by atoms with Crippen LogP contribution in [0.1, 0.15) is 26.2 Å². The normalized spacial score (nSPS) is 25.4. The van der Waals surface area contributed by atoms with E-state index in [-0.39, 0.29) is 17.6 Å². The van der Waals surface area contributed by atoms with E-state index in [4.69, 9.17) is 21.3 Å². The Morgan fingerprint density at radius 2 is 2.12 bits per heavy atom. The second-order valence-corrected chi connectivity index (χ2v) is 8.37. The van der Waals surface area contributed by atoms with Crippen LogP contribution in [0.15, 0.2) is 28.7 Å². The van der Waals surface area contributed by atoms with E-state index in [0.717, 1.165) is 53.5 Å². The highest BCUT2D eigenvalue weighted by molar-refractivity contribution is 9.10. The van der Waals surface area contributed by atoms with Gasteiger partial charge in [-0.15, -0.1) is 0 Å². The molecule has 1 aliphatic carbocycles. The lowest BCUT2D eigenvalue weighted by Gasteiger charge is -2.56. The fraction of sp³-hybridized carbons (Fsp3) is 0.526. The summed E-state index contributed by atoms with van der Waals surface area (Å²) in [6, 6.07) is 8.03. The van der Waals surface area contributed by atoms with E-state index in [9.17, 15) is 5.11 Å². The standard InChI is InChI=1S/C19H22BrClN2O2/c1-2-25-16-11-15(24)19(16)5-7-23(8-6-19)17-4-3-12-9-13(20)10-14(21)18(12)22-17/h3-4,9-10,15-16,24H,2,5-8,11H2,1H3. The van der Waals surface area contributed by atoms with Crippen LogP contribution >= 0.6 is 27.5 Å². The number of aromatic nitrogens is 1. The Labute approximate surface area is 161 Å². The summed E-state index contributed by atoms with van der Waals surface area (Å²) < 4.78 is 6.81. The molecule has 1 saturated carbocycles. The van der Waals surface area contributed by atoms with Gasteiger partial charge in [-0.1, -0.05) is 27.5 Å². The summed E-state index contributed by atoms with van der Waals surface area (Å²) in [5.74, 6) is 0.952. The third-order valence-electron chi connectivity index (χ3n) is 5.82. The van der Waals surface area contributed by atoms with Crippen LogP contribution in [0, 0.1) is 5.41 Å². The molecule has 2 aliphatic rings. The molecule has 2 fully saturated rings. The lowest BCUT2D eigenvalue weighted by molar-refractivity contribution is -0.199. The number of nitrogens with zero attached hydrogens (tertiary/aromatic N) is 2. The zero-order valence-electron chi connectivity index (χ0n) is 14.2. The van der Waals surface area contributed by atoms with Crippen molar-refractivity contribution in [2.45, 2.75) is 38.4 Å². The molecule has 1 aromatic carbocycles. The van der Waals surface area contributed by atoms with E-state index in [2.05, 4.69) is 33.0 Å². The molecule has 1 aromatic heterocycles. The topological polar surface area (TPSA) is 45.6 Å². The summed E-state index contributed by atoms with van der Waals surface area (Å²) in [5, 5.41) is 12.0. The predicted molar refractivity (Wildman–Crippen MR) is 104 cm³/mol. The summed E-state index contributed by atoms with van der Waals surface area (Å²) in [7, 11) is 0. The van der Waals surface area contributed by atoms with Gasteiger partial charge in [0.15, 0.2) is 0 Å². The fourth-order valence-electron chi connectivity index (χ4n) is 4.29. The average Bonchev–Trinajstić information content (AvgIpc) is 2.61. The van der Waals surface area contributed by atoms with Gasteiger partial charge in [-0.05, 0) is 44.0 Å². The molecule has 4 nitrogen and oxygen atoms in total. The molecule has 2 unspecified atom stereocenters. The first-order valence-electron chi connectivity index (χ1n) is 8.84. The molecule has 1 spiro atoms. The largest absolute Gasteiger partial charge is 0.392 e. The summed E-state index contributed by atoms with van der Waals surface area (Å²) in [5.41, 5.74) is 0.768. The highest BCUT2D eigenvalue weighted by Gasteiger charge is 2.56. The summed E-state index contributed by atoms with van der Waals surface area (Å²) in [6.07, 6.45) is 2.61. The maximum atomic E-state index is 10.3. The van der Waals surface area contributed by atoms with Gasteiger partial charge < -0.3 is 14.7 Å². The van der Waals surface area contributed by atoms with Crippen molar-refractivity contribution in [3.05, 3.63) is 33.8 Å². The first-order valence-corrected chi connectivity index (χ1v) is 10.0. The quantitative estimate of drug-likeness (QED) is 0.791. The van der Waals surface area contributed by atoms with Crippen LogP contribution in [0.2, 0.25) is 5.02 Å². The highest BCUT2D eigenvalue weighted by Crippen LogP contribution is 2.51. The molecule has 2 aromatic rings. The third kappa shape index (κ3) is 2.95. The van der Waals surface area contributed by atoms with Crippen molar-refractivity contribution >= 4 is 44.3 Å². The van der Waals surface area contributed by atoms with Gasteiger partial charge in [-0.2, -0.15) is 0 Å². The Morgan fingerprint density at radius 1 is 1.36 bits per heavy atom. The van der Waals surface area contributed by atoms with Crippen LogP contribution in [-0.2, 0) is 4.74 Å². The van der Waals surface area contributed by atoms with Crippen molar-refractivity contribution in [2.75, 3.05) is 24.6 Å². The third-order valence-corrected chi connectivity index (χ3v) is 6.57. The Bertz CT molecular complexity index is 790. The van der Waals surface area contributed by atoms with Crippen LogP contribution in [-0.4, -0.2) is 42.0 Å². The number of ether oxygens (including phenoxy) is 1. The molecule has 4 rings (SSSR count). The molecular formula is C19H22BrClN2O2. The highest BCUT2D eigenvalue weighted by atomic mass is 79.9. The number of aliphatic hydroxyl groups is 1. The molecule has 6 heteroatoms. The number of piperidine rings is 1. The Balaban J connectivity index is 1.54. The molecule has 1 saturated heterocycles. The molecule has 0 bridgehead atoms. The average molecular weight is 426 g/mol. The molecular weight excluding hydrogens is 404 g/mol. The molecule has 1 aliphatic heterocycles. The minimum Gasteiger partial charge on any atom is -0.392 e. The zero-order chi connectivity index (χ0) is 17.6. The number of anilines is 1. The van der Waals surface area contributed by atoms with Crippen LogP contribution in [0.4, 0.5) is 5.82 Å². The first kappa shape index (κ1) is 17.5. The Hall–Kier alpha value is -0.880. The fourth-order valence-corrected chi connectivity index (χ4v) is 5.17. The Morgan fingerprint density at radius 3 is 2.80 bits per heavy atom. The van der Waals surface area contributed by atoms with Crippen molar-refractivity contribution in [3.63, 3.8) is 0 Å². The molecule has 1 N–H and O–H groups in total. The SMILES string of the molecule is CCOC1CC(O)C12CCN(c1ccc3cc(Br)cc(Cl)c3n1)CC2. The van der Waals surface area contributed by atoms with E-state index in [1.54, 1.807) is 0 Å². The first-order chi connectivity index (χ1) is 12.0. The number of halogens is 2. The maximum absolute atomic E-state index is 10.3. The molecule has 134 valence electrons. The number of fused-ring (bicyclic) bond motifs is 1. The second kappa shape index (κ2) is 6.69. The van der Waals surface area contributed by atoms with Crippen LogP contribution in [0.5, 0.6) is 0 Å². The molecule has 2 atom stereocenters. The van der Waals surface area contributed by atoms with E-state index in [0.29, 0.717) is 11.6 Å². The van der Waals surface area contributed by atoms with Gasteiger partial charge in [0.1, 0.15) is 5.82 Å². The zero-order valence-corrected chi connectivity index (χ0v) is 16.6. The van der Waals surface area contributed by atoms with Crippen LogP contribution in [0.25, 0.3) is 10.9 Å². The number of benzene rings is 1. The van der Waals surface area contributed by atoms with Gasteiger partial charge in [0.05, 0.1) is 22.7 Å². The van der Waals surface area contributed by atoms with E-state index >= 15 is 0 Å². The van der Waals surface area contributed by atoms with Crippen LogP contribution in [0.3, 0.4) is 0 Å². The van der Waals surface area contributed by atoms with E-state index < -0.39 is 0 Å². The lowest BCUT2D eigenvalue weighted by atomic mass is 9.58. The molecule has 25 heavy (non-hydrogen) atoms. The van der Waals surface area contributed by atoms with Gasteiger partial charge >= 0.3 is 0 Å². The van der Waals surface area contributed by atoms with Gasteiger partial charge in [0.25, 0.3) is 0 Å². The predicted octanol–water partition coefficient (Wildman–Crippen LogP) is 4.41. The monoisotopic (exact) mass is 424 g/mol. The van der Waals surface area contributed by atoms with Gasteiger partial charge in [-0.3, -0.25) is 0 Å². The smallest absolute Gasteiger partial charge is 0.129 e. The van der Waals surface area contributed by atoms with Crippen LogP contribution < -0.4 is 4.90 Å². The maximum Gasteiger partial charge on any atom is 0.129 e. The number of hydrogen-bond acceptors (Lipinski definition) is 4. The molecule has 2 heterocycles. The van der Waals surface area contributed by atoms with Gasteiger partial charge in [-0.25, -0.2) is 4.98 Å². The van der Waals surface area contributed by atoms with Crippen molar-refractivity contribution in [2.24, 2.45) is 5.41 Å². The second-order valence-electron chi connectivity index (χ2n) is 7.04. The summed E-state index contributed by atoms with van der Waals surface area (Å²) in [6.45, 7) is 4.50. The van der Waals surface area contributed by atoms with Gasteiger partial charge in [0.2, 0.25) is 0 Å². The molecule has 0 radical (unpaired) electrons. The minimum atomic E-state index is -0.234. The summed E-state index contributed by atoms with van der Waals surface area (Å²) in [4.78, 5) is 7.07. The van der Waals surface area contributed by atoms with Crippen molar-refractivity contribution in [3.8, 4) is 0 Å².